The van der Waals surface area contributed by atoms with E-state index in [9.17, 15) is 16.8 Å². The van der Waals surface area contributed by atoms with Crippen molar-refractivity contribution in [1.29, 1.82) is 0 Å². The molecule has 8 heteroatoms. The molecule has 1 aliphatic rings. The van der Waals surface area contributed by atoms with Gasteiger partial charge in [-0.3, -0.25) is 0 Å². The summed E-state index contributed by atoms with van der Waals surface area (Å²) in [6.45, 7) is 1.91. The van der Waals surface area contributed by atoms with Crippen molar-refractivity contribution in [2.24, 2.45) is 5.92 Å². The molecule has 0 bridgehead atoms. The number of aryl methyl sites for hydroxylation is 1. The van der Waals surface area contributed by atoms with E-state index in [-0.39, 0.29) is 28.9 Å². The molecule has 1 fully saturated rings. The topological polar surface area (TPSA) is 89.5 Å². The number of rotatable bonds is 5. The lowest BCUT2D eigenvalue weighted by Crippen LogP contribution is -2.30. The van der Waals surface area contributed by atoms with Crippen molar-refractivity contribution in [2.45, 2.75) is 18.2 Å². The normalized spacial score (nSPS) is 21.3. The van der Waals surface area contributed by atoms with E-state index >= 15 is 0 Å². The summed E-state index contributed by atoms with van der Waals surface area (Å²) < 4.78 is 54.7. The van der Waals surface area contributed by atoms with Gasteiger partial charge in [-0.05, 0) is 43.0 Å². The zero-order chi connectivity index (χ0) is 15.7. The molecule has 1 aliphatic heterocycles. The van der Waals surface area contributed by atoms with Crippen LogP contribution in [0.1, 0.15) is 12.0 Å². The Morgan fingerprint density at radius 1 is 1.38 bits per heavy atom. The molecule has 1 aromatic carbocycles. The second-order valence-electron chi connectivity index (χ2n) is 5.25. The fourth-order valence-electron chi connectivity index (χ4n) is 2.36. The summed E-state index contributed by atoms with van der Waals surface area (Å²) in [7, 11) is -5.10. The molecule has 2 rings (SSSR count). The standard InChI is InChI=1S/C13H19NO5S2/c1-10-7-12(3-4-13(10)19-2)21(17,18)14-8-11-5-6-20(15,16)9-11/h3-4,7,11,14H,5-6,8-9H2,1-2H3. The molecular formula is C13H19NO5S2. The fourth-order valence-corrected chi connectivity index (χ4v) is 5.42. The molecule has 1 N–H and O–H groups in total. The van der Waals surface area contributed by atoms with E-state index in [4.69, 9.17) is 4.74 Å². The number of ether oxygens (including phenoxy) is 1. The van der Waals surface area contributed by atoms with E-state index in [0.29, 0.717) is 12.2 Å². The molecule has 1 atom stereocenters. The zero-order valence-electron chi connectivity index (χ0n) is 12.0. The van der Waals surface area contributed by atoms with E-state index < -0.39 is 19.9 Å². The highest BCUT2D eigenvalue weighted by molar-refractivity contribution is 7.91. The quantitative estimate of drug-likeness (QED) is 0.857. The minimum atomic E-state index is -3.63. The van der Waals surface area contributed by atoms with E-state index in [0.717, 1.165) is 5.56 Å². The predicted molar refractivity (Wildman–Crippen MR) is 79.7 cm³/mol. The van der Waals surface area contributed by atoms with Crippen molar-refractivity contribution in [1.82, 2.24) is 4.72 Å². The molecular weight excluding hydrogens is 314 g/mol. The lowest BCUT2D eigenvalue weighted by Gasteiger charge is -2.12. The highest BCUT2D eigenvalue weighted by Gasteiger charge is 2.29. The molecule has 0 saturated carbocycles. The zero-order valence-corrected chi connectivity index (χ0v) is 13.6. The van der Waals surface area contributed by atoms with Gasteiger partial charge < -0.3 is 4.74 Å². The van der Waals surface area contributed by atoms with Gasteiger partial charge in [0.1, 0.15) is 5.75 Å². The summed E-state index contributed by atoms with van der Waals surface area (Å²) in [5.41, 5.74) is 0.726. The molecule has 1 unspecified atom stereocenters. The summed E-state index contributed by atoms with van der Waals surface area (Å²) in [6.07, 6.45) is 0.506. The highest BCUT2D eigenvalue weighted by Crippen LogP contribution is 2.22. The summed E-state index contributed by atoms with van der Waals surface area (Å²) in [4.78, 5) is 0.154. The van der Waals surface area contributed by atoms with E-state index in [2.05, 4.69) is 4.72 Å². The third-order valence-corrected chi connectivity index (χ3v) is 6.82. The second-order valence-corrected chi connectivity index (χ2v) is 9.25. The van der Waals surface area contributed by atoms with Crippen LogP contribution in [-0.2, 0) is 19.9 Å². The van der Waals surface area contributed by atoms with Crippen LogP contribution >= 0.6 is 0 Å². The SMILES string of the molecule is COc1ccc(S(=O)(=O)NCC2CCS(=O)(=O)C2)cc1C. The summed E-state index contributed by atoms with van der Waals surface area (Å²) >= 11 is 0. The van der Waals surface area contributed by atoms with Crippen molar-refractivity contribution in [3.8, 4) is 5.75 Å². The Hall–Kier alpha value is -1.12. The Kier molecular flexibility index (Phi) is 4.60. The summed E-state index contributed by atoms with van der Waals surface area (Å²) in [5.74, 6) is 0.665. The third kappa shape index (κ3) is 3.96. The van der Waals surface area contributed by atoms with Gasteiger partial charge in [-0.1, -0.05) is 0 Å². The van der Waals surface area contributed by atoms with Crippen molar-refractivity contribution < 1.29 is 21.6 Å². The molecule has 1 aromatic rings. The van der Waals surface area contributed by atoms with Gasteiger partial charge in [0, 0.05) is 6.54 Å². The molecule has 0 spiro atoms. The van der Waals surface area contributed by atoms with Gasteiger partial charge in [-0.15, -0.1) is 0 Å². The van der Waals surface area contributed by atoms with Crippen molar-refractivity contribution in [3.05, 3.63) is 23.8 Å². The Balaban J connectivity index is 2.07. The number of sulfone groups is 1. The van der Waals surface area contributed by atoms with Gasteiger partial charge in [-0.25, -0.2) is 21.6 Å². The van der Waals surface area contributed by atoms with Crippen LogP contribution in [0.25, 0.3) is 0 Å². The lowest BCUT2D eigenvalue weighted by atomic mass is 10.1. The number of benzene rings is 1. The first-order valence-electron chi connectivity index (χ1n) is 6.58. The minimum absolute atomic E-state index is 0.0527. The fraction of sp³-hybridized carbons (Fsp3) is 0.538. The highest BCUT2D eigenvalue weighted by atomic mass is 32.2. The smallest absolute Gasteiger partial charge is 0.240 e. The van der Waals surface area contributed by atoms with Crippen molar-refractivity contribution in [3.63, 3.8) is 0 Å². The Morgan fingerprint density at radius 2 is 2.10 bits per heavy atom. The Labute approximate surface area is 125 Å². The van der Waals surface area contributed by atoms with Gasteiger partial charge in [0.2, 0.25) is 10.0 Å². The number of nitrogens with one attached hydrogen (secondary N) is 1. The Morgan fingerprint density at radius 3 is 2.62 bits per heavy atom. The van der Waals surface area contributed by atoms with Crippen molar-refractivity contribution >= 4 is 19.9 Å². The van der Waals surface area contributed by atoms with Crippen LogP contribution in [0.2, 0.25) is 0 Å². The lowest BCUT2D eigenvalue weighted by molar-refractivity contribution is 0.411. The first kappa shape index (κ1) is 16.3. The van der Waals surface area contributed by atoms with Gasteiger partial charge in [0.25, 0.3) is 0 Å². The number of methoxy groups -OCH3 is 1. The first-order chi connectivity index (χ1) is 9.73. The van der Waals surface area contributed by atoms with E-state index in [1.54, 1.807) is 13.0 Å². The number of hydrogen-bond acceptors (Lipinski definition) is 5. The maximum atomic E-state index is 12.2. The monoisotopic (exact) mass is 333 g/mol. The molecule has 1 heterocycles. The third-order valence-electron chi connectivity index (χ3n) is 3.57. The van der Waals surface area contributed by atoms with Crippen LogP contribution in [0.15, 0.2) is 23.1 Å². The summed E-state index contributed by atoms with van der Waals surface area (Å²) in [5, 5.41) is 0. The molecule has 118 valence electrons. The average Bonchev–Trinajstić information content (AvgIpc) is 2.76. The molecule has 1 saturated heterocycles. The van der Waals surface area contributed by atoms with Crippen molar-refractivity contribution in [2.75, 3.05) is 25.2 Å². The van der Waals surface area contributed by atoms with E-state index in [1.807, 2.05) is 0 Å². The van der Waals surface area contributed by atoms with Crippen LogP contribution in [-0.4, -0.2) is 42.0 Å². The molecule has 0 amide bonds. The molecule has 0 radical (unpaired) electrons. The number of sulfonamides is 1. The molecule has 21 heavy (non-hydrogen) atoms. The molecule has 6 nitrogen and oxygen atoms in total. The maximum absolute atomic E-state index is 12.2. The maximum Gasteiger partial charge on any atom is 0.240 e. The Bertz CT molecular complexity index is 725. The minimum Gasteiger partial charge on any atom is -0.496 e. The second kappa shape index (κ2) is 5.94. The molecule has 0 aromatic heterocycles. The van der Waals surface area contributed by atoms with E-state index in [1.165, 1.54) is 19.2 Å². The number of hydrogen-bond donors (Lipinski definition) is 1. The van der Waals surface area contributed by atoms with Crippen LogP contribution in [0.5, 0.6) is 5.75 Å². The average molecular weight is 333 g/mol. The largest absolute Gasteiger partial charge is 0.496 e. The predicted octanol–water partition coefficient (Wildman–Crippen LogP) is 0.717. The van der Waals surface area contributed by atoms with Gasteiger partial charge >= 0.3 is 0 Å². The van der Waals surface area contributed by atoms with Gasteiger partial charge in [-0.2, -0.15) is 0 Å². The molecule has 0 aliphatic carbocycles. The summed E-state index contributed by atoms with van der Waals surface area (Å²) in [6, 6.07) is 4.61. The van der Waals surface area contributed by atoms with Crippen LogP contribution < -0.4 is 9.46 Å². The van der Waals surface area contributed by atoms with Gasteiger partial charge in [0.05, 0.1) is 23.5 Å². The van der Waals surface area contributed by atoms with Crippen LogP contribution in [0.3, 0.4) is 0 Å². The van der Waals surface area contributed by atoms with Crippen LogP contribution in [0.4, 0.5) is 0 Å². The van der Waals surface area contributed by atoms with Crippen LogP contribution in [0, 0.1) is 12.8 Å². The van der Waals surface area contributed by atoms with Gasteiger partial charge in [0.15, 0.2) is 9.84 Å². The first-order valence-corrected chi connectivity index (χ1v) is 9.89.